The van der Waals surface area contributed by atoms with Crippen LogP contribution in [0.3, 0.4) is 0 Å². The van der Waals surface area contributed by atoms with Gasteiger partial charge in [-0.05, 0) is 18.2 Å². The van der Waals surface area contributed by atoms with Gasteiger partial charge in [0.2, 0.25) is 0 Å². The molecule has 0 atom stereocenters. The van der Waals surface area contributed by atoms with Crippen molar-refractivity contribution in [1.82, 2.24) is 4.90 Å². The summed E-state index contributed by atoms with van der Waals surface area (Å²) >= 11 is 7.64. The molecule has 0 bridgehead atoms. The highest BCUT2D eigenvalue weighted by molar-refractivity contribution is 7.99. The second-order valence-corrected chi connectivity index (χ2v) is 6.08. The molecule has 1 aromatic heterocycles. The highest BCUT2D eigenvalue weighted by Gasteiger charge is 2.18. The van der Waals surface area contributed by atoms with Crippen LogP contribution in [0.25, 0.3) is 0 Å². The molecule has 82 valence electrons. The Balaban J connectivity index is 2.06. The lowest BCUT2D eigenvalue weighted by atomic mass is 10.3. The molecular formula is C10H13NOS3. The lowest BCUT2D eigenvalue weighted by Gasteiger charge is -2.18. The molecule has 0 radical (unpaired) electrons. The van der Waals surface area contributed by atoms with E-state index in [1.165, 1.54) is 17.1 Å². The quantitative estimate of drug-likeness (QED) is 0.782. The molecular weight excluding hydrogens is 246 g/mol. The third-order valence-corrected chi connectivity index (χ3v) is 4.71. The average Bonchev–Trinajstić information content (AvgIpc) is 2.53. The van der Waals surface area contributed by atoms with Crippen LogP contribution in [-0.2, 0) is 0 Å². The third-order valence-electron chi connectivity index (χ3n) is 2.31. The number of thiol groups is 1. The van der Waals surface area contributed by atoms with Gasteiger partial charge in [0.15, 0.2) is 0 Å². The molecule has 15 heavy (non-hydrogen) atoms. The van der Waals surface area contributed by atoms with Crippen molar-refractivity contribution >= 4 is 41.6 Å². The summed E-state index contributed by atoms with van der Waals surface area (Å²) in [6, 6.07) is 1.86. The predicted molar refractivity (Wildman–Crippen MR) is 69.4 cm³/mol. The standard InChI is InChI=1S/C10H13NOS3/c12-10(9-6-8(13)7-15-9)11-2-1-4-14-5-3-11/h6-7,13H,1-5H2. The molecule has 5 heteroatoms. The molecule has 0 spiro atoms. The summed E-state index contributed by atoms with van der Waals surface area (Å²) in [6.07, 6.45) is 1.11. The van der Waals surface area contributed by atoms with E-state index < -0.39 is 0 Å². The summed E-state index contributed by atoms with van der Waals surface area (Å²) < 4.78 is 0. The molecule has 1 aliphatic heterocycles. The molecule has 1 amide bonds. The molecule has 1 aromatic rings. The Morgan fingerprint density at radius 1 is 1.40 bits per heavy atom. The summed E-state index contributed by atoms with van der Waals surface area (Å²) in [6.45, 7) is 1.77. The number of carbonyl (C=O) groups is 1. The van der Waals surface area contributed by atoms with Gasteiger partial charge in [0.25, 0.3) is 5.91 Å². The maximum atomic E-state index is 12.1. The number of hydrogen-bond acceptors (Lipinski definition) is 4. The van der Waals surface area contributed by atoms with Gasteiger partial charge in [-0.25, -0.2) is 0 Å². The summed E-state index contributed by atoms with van der Waals surface area (Å²) in [7, 11) is 0. The first-order valence-corrected chi connectivity index (χ1v) is 7.40. The van der Waals surface area contributed by atoms with Gasteiger partial charge >= 0.3 is 0 Å². The van der Waals surface area contributed by atoms with Crippen molar-refractivity contribution in [2.24, 2.45) is 0 Å². The normalized spacial score (nSPS) is 17.5. The number of rotatable bonds is 1. The lowest BCUT2D eigenvalue weighted by molar-refractivity contribution is 0.0773. The van der Waals surface area contributed by atoms with Gasteiger partial charge in [-0.1, -0.05) is 0 Å². The van der Waals surface area contributed by atoms with Gasteiger partial charge in [-0.15, -0.1) is 24.0 Å². The minimum Gasteiger partial charge on any atom is -0.337 e. The number of amides is 1. The predicted octanol–water partition coefficient (Wildman–Crippen LogP) is 2.62. The second-order valence-electron chi connectivity index (χ2n) is 3.43. The Kier molecular flexibility index (Phi) is 3.99. The van der Waals surface area contributed by atoms with Crippen LogP contribution in [-0.4, -0.2) is 35.4 Å². The van der Waals surface area contributed by atoms with Crippen molar-refractivity contribution in [1.29, 1.82) is 0 Å². The Bertz CT molecular complexity index is 342. The first-order valence-electron chi connectivity index (χ1n) is 4.92. The monoisotopic (exact) mass is 259 g/mol. The molecule has 1 fully saturated rings. The zero-order valence-corrected chi connectivity index (χ0v) is 10.8. The number of carbonyl (C=O) groups excluding carboxylic acids is 1. The summed E-state index contributed by atoms with van der Waals surface area (Å²) in [4.78, 5) is 15.7. The smallest absolute Gasteiger partial charge is 0.263 e. The molecule has 2 heterocycles. The Morgan fingerprint density at radius 3 is 3.00 bits per heavy atom. The van der Waals surface area contributed by atoms with Gasteiger partial charge in [-0.3, -0.25) is 4.79 Å². The van der Waals surface area contributed by atoms with Crippen molar-refractivity contribution < 1.29 is 4.79 Å². The molecule has 0 saturated carbocycles. The van der Waals surface area contributed by atoms with E-state index in [2.05, 4.69) is 12.6 Å². The van der Waals surface area contributed by atoms with Crippen molar-refractivity contribution in [2.75, 3.05) is 24.6 Å². The molecule has 0 unspecified atom stereocenters. The van der Waals surface area contributed by atoms with Crippen LogP contribution in [0.2, 0.25) is 0 Å². The van der Waals surface area contributed by atoms with E-state index in [-0.39, 0.29) is 5.91 Å². The van der Waals surface area contributed by atoms with Gasteiger partial charge in [0.1, 0.15) is 0 Å². The SMILES string of the molecule is O=C(c1cc(S)cs1)N1CCCSCC1. The van der Waals surface area contributed by atoms with E-state index in [1.54, 1.807) is 0 Å². The van der Waals surface area contributed by atoms with Crippen LogP contribution in [0.5, 0.6) is 0 Å². The molecule has 1 saturated heterocycles. The van der Waals surface area contributed by atoms with E-state index in [0.717, 1.165) is 35.0 Å². The first kappa shape index (κ1) is 11.4. The molecule has 0 aromatic carbocycles. The Labute approximate surface area is 103 Å². The van der Waals surface area contributed by atoms with E-state index >= 15 is 0 Å². The number of thioether (sulfide) groups is 1. The average molecular weight is 259 g/mol. The van der Waals surface area contributed by atoms with E-state index in [1.807, 2.05) is 28.1 Å². The maximum absolute atomic E-state index is 12.1. The van der Waals surface area contributed by atoms with Crippen LogP contribution < -0.4 is 0 Å². The van der Waals surface area contributed by atoms with Crippen LogP contribution >= 0.6 is 35.7 Å². The topological polar surface area (TPSA) is 20.3 Å². The fraction of sp³-hybridized carbons (Fsp3) is 0.500. The highest BCUT2D eigenvalue weighted by atomic mass is 32.2. The lowest BCUT2D eigenvalue weighted by Crippen LogP contribution is -2.32. The first-order chi connectivity index (χ1) is 7.27. The van der Waals surface area contributed by atoms with Crippen molar-refractivity contribution in [3.05, 3.63) is 16.3 Å². The second kappa shape index (κ2) is 5.27. The molecule has 2 nitrogen and oxygen atoms in total. The van der Waals surface area contributed by atoms with E-state index in [0.29, 0.717) is 0 Å². The maximum Gasteiger partial charge on any atom is 0.263 e. The van der Waals surface area contributed by atoms with Crippen molar-refractivity contribution in [3.8, 4) is 0 Å². The van der Waals surface area contributed by atoms with Gasteiger partial charge in [0.05, 0.1) is 4.88 Å². The summed E-state index contributed by atoms with van der Waals surface area (Å²) in [5.74, 6) is 2.40. The number of thiophene rings is 1. The summed E-state index contributed by atoms with van der Waals surface area (Å²) in [5, 5.41) is 1.91. The van der Waals surface area contributed by atoms with Crippen molar-refractivity contribution in [2.45, 2.75) is 11.3 Å². The fourth-order valence-corrected chi connectivity index (χ4v) is 3.55. The van der Waals surface area contributed by atoms with E-state index in [9.17, 15) is 4.79 Å². The zero-order valence-electron chi connectivity index (χ0n) is 8.31. The molecule has 2 rings (SSSR count). The fourth-order valence-electron chi connectivity index (χ4n) is 1.54. The van der Waals surface area contributed by atoms with Gasteiger partial charge in [-0.2, -0.15) is 11.8 Å². The van der Waals surface area contributed by atoms with Gasteiger partial charge < -0.3 is 4.90 Å². The molecule has 1 aliphatic rings. The minimum absolute atomic E-state index is 0.169. The summed E-state index contributed by atoms with van der Waals surface area (Å²) in [5.41, 5.74) is 0. The number of nitrogens with zero attached hydrogens (tertiary/aromatic N) is 1. The van der Waals surface area contributed by atoms with E-state index in [4.69, 9.17) is 0 Å². The van der Waals surface area contributed by atoms with Crippen molar-refractivity contribution in [3.63, 3.8) is 0 Å². The largest absolute Gasteiger partial charge is 0.337 e. The minimum atomic E-state index is 0.169. The Morgan fingerprint density at radius 2 is 2.27 bits per heavy atom. The highest BCUT2D eigenvalue weighted by Crippen LogP contribution is 2.20. The van der Waals surface area contributed by atoms with Gasteiger partial charge in [0, 0.05) is 29.1 Å². The third kappa shape index (κ3) is 2.92. The molecule has 0 aliphatic carbocycles. The van der Waals surface area contributed by atoms with Crippen LogP contribution in [0.1, 0.15) is 16.1 Å². The Hall–Kier alpha value is -0.130. The number of hydrogen-bond donors (Lipinski definition) is 1. The zero-order chi connectivity index (χ0) is 10.7. The van der Waals surface area contributed by atoms with Crippen LogP contribution in [0.15, 0.2) is 16.3 Å². The van der Waals surface area contributed by atoms with Crippen LogP contribution in [0.4, 0.5) is 0 Å². The molecule has 0 N–H and O–H groups in total. The van der Waals surface area contributed by atoms with Crippen LogP contribution in [0, 0.1) is 0 Å².